The van der Waals surface area contributed by atoms with Gasteiger partial charge in [-0.3, -0.25) is 14.3 Å². The Morgan fingerprint density at radius 3 is 2.60 bits per heavy atom. The molecule has 3 rings (SSSR count). The molecule has 30 heavy (non-hydrogen) atoms. The number of halogens is 2. The van der Waals surface area contributed by atoms with Crippen molar-refractivity contribution in [3.05, 3.63) is 51.3 Å². The fraction of sp³-hybridized carbons (Fsp3) is 0.333. The molecule has 0 atom stereocenters. The van der Waals surface area contributed by atoms with E-state index < -0.39 is 0 Å². The van der Waals surface area contributed by atoms with Crippen LogP contribution in [-0.4, -0.2) is 44.6 Å². The van der Waals surface area contributed by atoms with Gasteiger partial charge in [0.15, 0.2) is 5.65 Å². The lowest BCUT2D eigenvalue weighted by molar-refractivity contribution is -0.116. The topological polar surface area (TPSA) is 80.1 Å². The van der Waals surface area contributed by atoms with Gasteiger partial charge in [0.25, 0.3) is 5.91 Å². The van der Waals surface area contributed by atoms with Gasteiger partial charge in [0, 0.05) is 24.3 Å². The number of fused-ring (bicyclic) bond motifs is 1. The standard InChI is InChI=1S/C21H23Cl2N5O2/c1-5-8-28(11-18(29)25-17-7-6-14(22)10-16(17)23)21(30)15-9-12(2)24-20-19(15)13(3)26-27(20)4/h6-7,9-10H,5,8,11H2,1-4H3,(H,25,29). The van der Waals surface area contributed by atoms with Crippen LogP contribution in [0.3, 0.4) is 0 Å². The molecule has 158 valence electrons. The van der Waals surface area contributed by atoms with Gasteiger partial charge < -0.3 is 10.2 Å². The van der Waals surface area contributed by atoms with Crippen LogP contribution in [0.25, 0.3) is 11.0 Å². The third-order valence-corrected chi connectivity index (χ3v) is 5.20. The zero-order valence-corrected chi connectivity index (χ0v) is 18.8. The Bertz CT molecular complexity index is 1130. The number of carbonyl (C=O) groups is 2. The molecule has 0 saturated carbocycles. The molecule has 0 aliphatic carbocycles. The molecule has 2 heterocycles. The summed E-state index contributed by atoms with van der Waals surface area (Å²) < 4.78 is 1.66. The average Bonchev–Trinajstić information content (AvgIpc) is 2.96. The summed E-state index contributed by atoms with van der Waals surface area (Å²) in [6.45, 7) is 5.96. The van der Waals surface area contributed by atoms with Crippen LogP contribution in [-0.2, 0) is 11.8 Å². The summed E-state index contributed by atoms with van der Waals surface area (Å²) in [5.74, 6) is -0.577. The first kappa shape index (κ1) is 22.1. The van der Waals surface area contributed by atoms with Gasteiger partial charge in [-0.1, -0.05) is 30.1 Å². The van der Waals surface area contributed by atoms with Gasteiger partial charge in [0.2, 0.25) is 5.91 Å². The number of aromatic nitrogens is 3. The summed E-state index contributed by atoms with van der Waals surface area (Å²) in [4.78, 5) is 32.1. The minimum absolute atomic E-state index is 0.103. The molecule has 7 nitrogen and oxygen atoms in total. The number of anilines is 1. The predicted molar refractivity (Wildman–Crippen MR) is 119 cm³/mol. The Hall–Kier alpha value is -2.64. The van der Waals surface area contributed by atoms with E-state index in [0.29, 0.717) is 51.0 Å². The molecule has 9 heteroatoms. The lowest BCUT2D eigenvalue weighted by Gasteiger charge is -2.22. The van der Waals surface area contributed by atoms with Gasteiger partial charge in [-0.25, -0.2) is 4.98 Å². The molecule has 2 aromatic heterocycles. The highest BCUT2D eigenvalue weighted by Gasteiger charge is 2.24. The Morgan fingerprint density at radius 2 is 1.93 bits per heavy atom. The molecular formula is C21H23Cl2N5O2. The maximum atomic E-state index is 13.4. The van der Waals surface area contributed by atoms with Gasteiger partial charge in [0.1, 0.15) is 6.54 Å². The molecule has 1 N–H and O–H groups in total. The van der Waals surface area contributed by atoms with Gasteiger partial charge in [0.05, 0.1) is 27.4 Å². The number of nitrogens with one attached hydrogen (secondary N) is 1. The Balaban J connectivity index is 1.88. The molecule has 0 saturated heterocycles. The molecule has 0 aliphatic rings. The van der Waals surface area contributed by atoms with Crippen LogP contribution in [0.2, 0.25) is 10.0 Å². The van der Waals surface area contributed by atoms with Crippen molar-refractivity contribution < 1.29 is 9.59 Å². The van der Waals surface area contributed by atoms with E-state index in [2.05, 4.69) is 15.4 Å². The van der Waals surface area contributed by atoms with E-state index in [-0.39, 0.29) is 18.4 Å². The summed E-state index contributed by atoms with van der Waals surface area (Å²) >= 11 is 12.0. The Labute approximate surface area is 185 Å². The lowest BCUT2D eigenvalue weighted by atomic mass is 10.1. The van der Waals surface area contributed by atoms with Crippen LogP contribution in [0.15, 0.2) is 24.3 Å². The summed E-state index contributed by atoms with van der Waals surface area (Å²) in [5.41, 5.74) is 3.01. The van der Waals surface area contributed by atoms with E-state index in [9.17, 15) is 9.59 Å². The molecule has 0 aliphatic heterocycles. The first-order valence-corrected chi connectivity index (χ1v) is 10.3. The van der Waals surface area contributed by atoms with Crippen molar-refractivity contribution in [3.8, 4) is 0 Å². The van der Waals surface area contributed by atoms with Crippen LogP contribution in [0, 0.1) is 13.8 Å². The zero-order chi connectivity index (χ0) is 22.0. The van der Waals surface area contributed by atoms with E-state index in [4.69, 9.17) is 23.2 Å². The number of rotatable bonds is 6. The lowest BCUT2D eigenvalue weighted by Crippen LogP contribution is -2.38. The van der Waals surface area contributed by atoms with Crippen molar-refractivity contribution in [2.45, 2.75) is 27.2 Å². The van der Waals surface area contributed by atoms with E-state index in [1.807, 2.05) is 20.8 Å². The van der Waals surface area contributed by atoms with E-state index in [1.165, 1.54) is 4.90 Å². The van der Waals surface area contributed by atoms with Gasteiger partial charge in [-0.05, 0) is 44.5 Å². The molecule has 0 fully saturated rings. The van der Waals surface area contributed by atoms with E-state index in [0.717, 1.165) is 5.69 Å². The molecule has 0 radical (unpaired) electrons. The van der Waals surface area contributed by atoms with Crippen LogP contribution in [0.4, 0.5) is 5.69 Å². The van der Waals surface area contributed by atoms with Crippen molar-refractivity contribution in [3.63, 3.8) is 0 Å². The van der Waals surface area contributed by atoms with Crippen molar-refractivity contribution >= 4 is 51.7 Å². The second kappa shape index (κ2) is 9.02. The summed E-state index contributed by atoms with van der Waals surface area (Å²) in [6.07, 6.45) is 0.708. The quantitative estimate of drug-likeness (QED) is 0.607. The number of aryl methyl sites for hydroxylation is 3. The fourth-order valence-electron chi connectivity index (χ4n) is 3.39. The summed E-state index contributed by atoms with van der Waals surface area (Å²) in [6, 6.07) is 6.56. The third-order valence-electron chi connectivity index (χ3n) is 4.65. The number of hydrogen-bond acceptors (Lipinski definition) is 4. The fourth-order valence-corrected chi connectivity index (χ4v) is 3.84. The SMILES string of the molecule is CCCN(CC(=O)Nc1ccc(Cl)cc1Cl)C(=O)c1cc(C)nc2c1c(C)nn2C. The van der Waals surface area contributed by atoms with Gasteiger partial charge in [-0.2, -0.15) is 5.10 Å². The van der Waals surface area contributed by atoms with Gasteiger partial charge >= 0.3 is 0 Å². The maximum Gasteiger partial charge on any atom is 0.255 e. The second-order valence-corrected chi connectivity index (χ2v) is 7.96. The molecule has 0 bridgehead atoms. The highest BCUT2D eigenvalue weighted by atomic mass is 35.5. The molecule has 3 aromatic rings. The van der Waals surface area contributed by atoms with Crippen molar-refractivity contribution in [1.82, 2.24) is 19.7 Å². The van der Waals surface area contributed by atoms with Crippen molar-refractivity contribution in [2.75, 3.05) is 18.4 Å². The van der Waals surface area contributed by atoms with Crippen LogP contribution >= 0.6 is 23.2 Å². The van der Waals surface area contributed by atoms with E-state index in [1.54, 1.807) is 36.0 Å². The highest BCUT2D eigenvalue weighted by molar-refractivity contribution is 6.36. The van der Waals surface area contributed by atoms with E-state index >= 15 is 0 Å². The number of carbonyl (C=O) groups excluding carboxylic acids is 2. The molecule has 0 spiro atoms. The minimum Gasteiger partial charge on any atom is -0.329 e. The normalized spacial score (nSPS) is 11.0. The minimum atomic E-state index is -0.342. The number of benzene rings is 1. The summed E-state index contributed by atoms with van der Waals surface area (Å²) in [7, 11) is 1.79. The molecular weight excluding hydrogens is 425 g/mol. The Kier molecular flexibility index (Phi) is 6.63. The third kappa shape index (κ3) is 4.57. The average molecular weight is 448 g/mol. The first-order valence-electron chi connectivity index (χ1n) is 9.56. The smallest absolute Gasteiger partial charge is 0.255 e. The monoisotopic (exact) mass is 447 g/mol. The zero-order valence-electron chi connectivity index (χ0n) is 17.3. The number of amides is 2. The van der Waals surface area contributed by atoms with Crippen LogP contribution in [0.5, 0.6) is 0 Å². The molecule has 2 amide bonds. The largest absolute Gasteiger partial charge is 0.329 e. The van der Waals surface area contributed by atoms with Crippen molar-refractivity contribution in [2.24, 2.45) is 7.05 Å². The molecule has 1 aromatic carbocycles. The Morgan fingerprint density at radius 1 is 1.20 bits per heavy atom. The maximum absolute atomic E-state index is 13.4. The van der Waals surface area contributed by atoms with Gasteiger partial charge in [-0.15, -0.1) is 0 Å². The number of nitrogens with zero attached hydrogens (tertiary/aromatic N) is 4. The summed E-state index contributed by atoms with van der Waals surface area (Å²) in [5, 5.41) is 8.65. The highest BCUT2D eigenvalue weighted by Crippen LogP contribution is 2.26. The van der Waals surface area contributed by atoms with Crippen LogP contribution in [0.1, 0.15) is 35.1 Å². The van der Waals surface area contributed by atoms with Crippen LogP contribution < -0.4 is 5.32 Å². The predicted octanol–water partition coefficient (Wildman–Crippen LogP) is 4.38. The second-order valence-electron chi connectivity index (χ2n) is 7.12. The number of hydrogen-bond donors (Lipinski definition) is 1. The molecule has 0 unspecified atom stereocenters. The first-order chi connectivity index (χ1) is 14.2. The van der Waals surface area contributed by atoms with Crippen molar-refractivity contribution in [1.29, 1.82) is 0 Å². The number of pyridine rings is 1.